The number of carbonyl (C=O) groups is 1. The van der Waals surface area contributed by atoms with Crippen molar-refractivity contribution in [1.29, 1.82) is 0 Å². The van der Waals surface area contributed by atoms with E-state index >= 15 is 0 Å². The van der Waals surface area contributed by atoms with Crippen molar-refractivity contribution in [3.05, 3.63) is 0 Å². The Morgan fingerprint density at radius 2 is 1.86 bits per heavy atom. The number of hydrogen-bond donors (Lipinski definition) is 1. The number of hydrogen-bond acceptors (Lipinski definition) is 2. The van der Waals surface area contributed by atoms with E-state index in [0.29, 0.717) is 5.41 Å². The van der Waals surface area contributed by atoms with Gasteiger partial charge in [0.2, 0.25) is 5.91 Å². The monoisotopic (exact) mass is 196 g/mol. The van der Waals surface area contributed by atoms with Crippen LogP contribution in [-0.2, 0) is 4.79 Å². The van der Waals surface area contributed by atoms with Gasteiger partial charge in [-0.1, -0.05) is 0 Å². The zero-order valence-electron chi connectivity index (χ0n) is 9.18. The van der Waals surface area contributed by atoms with Gasteiger partial charge in [-0.15, -0.1) is 0 Å². The Labute approximate surface area is 85.8 Å². The van der Waals surface area contributed by atoms with Crippen LogP contribution in [0.5, 0.6) is 0 Å². The highest BCUT2D eigenvalue weighted by atomic mass is 16.2. The van der Waals surface area contributed by atoms with Gasteiger partial charge in [0.25, 0.3) is 0 Å². The molecule has 1 amide bonds. The summed E-state index contributed by atoms with van der Waals surface area (Å²) >= 11 is 0. The van der Waals surface area contributed by atoms with E-state index in [1.165, 1.54) is 25.7 Å². The first-order chi connectivity index (χ1) is 6.67. The molecule has 1 N–H and O–H groups in total. The van der Waals surface area contributed by atoms with Gasteiger partial charge in [-0.05, 0) is 45.1 Å². The number of piperidine rings is 1. The maximum atomic E-state index is 11.8. The lowest BCUT2D eigenvalue weighted by atomic mass is 9.93. The van der Waals surface area contributed by atoms with Crippen molar-refractivity contribution in [1.82, 2.24) is 10.2 Å². The van der Waals surface area contributed by atoms with Crippen molar-refractivity contribution < 1.29 is 4.79 Å². The normalized spacial score (nSPS) is 26.3. The third-order valence-electron chi connectivity index (χ3n) is 3.90. The van der Waals surface area contributed by atoms with Crippen molar-refractivity contribution in [2.24, 2.45) is 5.41 Å². The number of carbonyl (C=O) groups excluding carboxylic acids is 1. The van der Waals surface area contributed by atoms with Crippen molar-refractivity contribution in [3.63, 3.8) is 0 Å². The standard InChI is InChI=1S/C11H20N2O/c1-9(12-2)10(14)13-7-5-11(3-4-11)6-8-13/h9,12H,3-8H2,1-2H3. The van der Waals surface area contributed by atoms with E-state index in [0.717, 1.165) is 13.1 Å². The van der Waals surface area contributed by atoms with Crippen LogP contribution in [0.2, 0.25) is 0 Å². The van der Waals surface area contributed by atoms with Crippen molar-refractivity contribution in [3.8, 4) is 0 Å². The van der Waals surface area contributed by atoms with Crippen LogP contribution < -0.4 is 5.32 Å². The first-order valence-electron chi connectivity index (χ1n) is 5.63. The van der Waals surface area contributed by atoms with Crippen molar-refractivity contribution >= 4 is 5.91 Å². The largest absolute Gasteiger partial charge is 0.341 e. The summed E-state index contributed by atoms with van der Waals surface area (Å²) in [5.74, 6) is 0.267. The predicted octanol–water partition coefficient (Wildman–Crippen LogP) is 0.997. The molecule has 0 aromatic heterocycles. The third kappa shape index (κ3) is 1.78. The number of likely N-dealkylation sites (N-methyl/N-ethyl adjacent to an activating group) is 1. The molecule has 2 fully saturated rings. The van der Waals surface area contributed by atoms with Gasteiger partial charge in [0.15, 0.2) is 0 Å². The van der Waals surface area contributed by atoms with E-state index in [4.69, 9.17) is 0 Å². The van der Waals surface area contributed by atoms with Crippen molar-refractivity contribution in [2.45, 2.75) is 38.6 Å². The topological polar surface area (TPSA) is 32.3 Å². The molecule has 3 heteroatoms. The average Bonchev–Trinajstić information content (AvgIpc) is 2.97. The van der Waals surface area contributed by atoms with E-state index in [1.54, 1.807) is 0 Å². The van der Waals surface area contributed by atoms with Crippen LogP contribution in [-0.4, -0.2) is 37.0 Å². The zero-order chi connectivity index (χ0) is 10.2. The Bertz CT molecular complexity index is 225. The van der Waals surface area contributed by atoms with Gasteiger partial charge in [-0.25, -0.2) is 0 Å². The van der Waals surface area contributed by atoms with Crippen LogP contribution in [0.15, 0.2) is 0 Å². The molecule has 0 bridgehead atoms. The Balaban J connectivity index is 1.85. The predicted molar refractivity (Wildman–Crippen MR) is 56.0 cm³/mol. The average molecular weight is 196 g/mol. The molecular formula is C11H20N2O. The molecule has 1 unspecified atom stereocenters. The molecule has 1 heterocycles. The van der Waals surface area contributed by atoms with E-state index in [-0.39, 0.29) is 11.9 Å². The van der Waals surface area contributed by atoms with Gasteiger partial charge >= 0.3 is 0 Å². The van der Waals surface area contributed by atoms with Gasteiger partial charge in [-0.3, -0.25) is 4.79 Å². The molecule has 0 aromatic carbocycles. The summed E-state index contributed by atoms with van der Waals surface area (Å²) in [7, 11) is 1.84. The van der Waals surface area contributed by atoms with Gasteiger partial charge in [0, 0.05) is 13.1 Å². The van der Waals surface area contributed by atoms with E-state index in [1.807, 2.05) is 18.9 Å². The Hall–Kier alpha value is -0.570. The first-order valence-corrected chi connectivity index (χ1v) is 5.63. The third-order valence-corrected chi connectivity index (χ3v) is 3.90. The second kappa shape index (κ2) is 3.54. The lowest BCUT2D eigenvalue weighted by Gasteiger charge is -2.33. The molecule has 1 spiro atoms. The van der Waals surface area contributed by atoms with Crippen LogP contribution in [0.4, 0.5) is 0 Å². The fourth-order valence-electron chi connectivity index (χ4n) is 2.28. The minimum atomic E-state index is -0.0248. The van der Waals surface area contributed by atoms with E-state index in [9.17, 15) is 4.79 Å². The molecule has 3 nitrogen and oxygen atoms in total. The molecule has 80 valence electrons. The molecule has 14 heavy (non-hydrogen) atoms. The molecule has 0 radical (unpaired) electrons. The van der Waals surface area contributed by atoms with Gasteiger partial charge in [-0.2, -0.15) is 0 Å². The van der Waals surface area contributed by atoms with Crippen LogP contribution in [0, 0.1) is 5.41 Å². The highest BCUT2D eigenvalue weighted by Crippen LogP contribution is 2.53. The molecule has 0 aromatic rings. The summed E-state index contributed by atoms with van der Waals surface area (Å²) in [4.78, 5) is 13.8. The summed E-state index contributed by atoms with van der Waals surface area (Å²) in [5.41, 5.74) is 0.666. The summed E-state index contributed by atoms with van der Waals surface area (Å²) in [5, 5.41) is 3.01. The Morgan fingerprint density at radius 3 is 2.29 bits per heavy atom. The fourth-order valence-corrected chi connectivity index (χ4v) is 2.28. The lowest BCUT2D eigenvalue weighted by Crippen LogP contribution is -2.47. The maximum absolute atomic E-state index is 11.8. The van der Waals surface area contributed by atoms with Gasteiger partial charge < -0.3 is 10.2 Å². The van der Waals surface area contributed by atoms with E-state index < -0.39 is 0 Å². The summed E-state index contributed by atoms with van der Waals surface area (Å²) in [6.45, 7) is 3.89. The van der Waals surface area contributed by atoms with Crippen LogP contribution in [0.3, 0.4) is 0 Å². The van der Waals surface area contributed by atoms with Crippen LogP contribution in [0.25, 0.3) is 0 Å². The highest BCUT2D eigenvalue weighted by Gasteiger charge is 2.45. The Kier molecular flexibility index (Phi) is 2.52. The van der Waals surface area contributed by atoms with Crippen LogP contribution in [0.1, 0.15) is 32.6 Å². The molecule has 1 saturated carbocycles. The molecule has 1 saturated heterocycles. The number of likely N-dealkylation sites (tertiary alicyclic amines) is 1. The number of nitrogens with zero attached hydrogens (tertiary/aromatic N) is 1. The van der Waals surface area contributed by atoms with Gasteiger partial charge in [0.1, 0.15) is 0 Å². The first kappa shape index (κ1) is 9.97. The minimum Gasteiger partial charge on any atom is -0.341 e. The summed E-state index contributed by atoms with van der Waals surface area (Å²) in [6, 6.07) is -0.0248. The van der Waals surface area contributed by atoms with Gasteiger partial charge in [0.05, 0.1) is 6.04 Å². The maximum Gasteiger partial charge on any atom is 0.239 e. The fraction of sp³-hybridized carbons (Fsp3) is 0.909. The Morgan fingerprint density at radius 1 is 1.29 bits per heavy atom. The molecule has 1 aliphatic heterocycles. The quantitative estimate of drug-likeness (QED) is 0.714. The second-order valence-electron chi connectivity index (χ2n) is 4.84. The summed E-state index contributed by atoms with van der Waals surface area (Å²) < 4.78 is 0. The minimum absolute atomic E-state index is 0.0248. The molecular weight excluding hydrogens is 176 g/mol. The molecule has 2 rings (SSSR count). The number of nitrogens with one attached hydrogen (secondary N) is 1. The highest BCUT2D eigenvalue weighted by molar-refractivity contribution is 5.81. The molecule has 1 aliphatic carbocycles. The smallest absolute Gasteiger partial charge is 0.239 e. The van der Waals surface area contributed by atoms with Crippen molar-refractivity contribution in [2.75, 3.05) is 20.1 Å². The zero-order valence-corrected chi connectivity index (χ0v) is 9.18. The molecule has 1 atom stereocenters. The second-order valence-corrected chi connectivity index (χ2v) is 4.84. The number of rotatable bonds is 2. The SMILES string of the molecule is CNC(C)C(=O)N1CCC2(CC1)CC2. The molecule has 2 aliphatic rings. The van der Waals surface area contributed by atoms with E-state index in [2.05, 4.69) is 5.32 Å². The number of amides is 1. The summed E-state index contributed by atoms with van der Waals surface area (Å²) in [6.07, 6.45) is 5.26. The van der Waals surface area contributed by atoms with Crippen LogP contribution >= 0.6 is 0 Å². The lowest BCUT2D eigenvalue weighted by molar-refractivity contribution is -0.134.